The van der Waals surface area contributed by atoms with Crippen molar-refractivity contribution in [2.24, 2.45) is 0 Å². The summed E-state index contributed by atoms with van der Waals surface area (Å²) in [4.78, 5) is 6.04. The number of fused-ring (bicyclic) bond motifs is 6. The first-order chi connectivity index (χ1) is 17.3. The van der Waals surface area contributed by atoms with Crippen LogP contribution in [0.3, 0.4) is 0 Å². The van der Waals surface area contributed by atoms with Crippen molar-refractivity contribution in [2.45, 2.75) is 38.2 Å². The lowest BCUT2D eigenvalue weighted by Crippen LogP contribution is -2.39. The molecule has 3 heterocycles. The monoisotopic (exact) mass is 496 g/mol. The van der Waals surface area contributed by atoms with Gasteiger partial charge in [-0.1, -0.05) is 24.3 Å². The second kappa shape index (κ2) is 8.55. The van der Waals surface area contributed by atoms with Gasteiger partial charge in [-0.25, -0.2) is 4.39 Å². The molecule has 1 atom stereocenters. The molecule has 186 valence electrons. The Morgan fingerprint density at radius 3 is 2.67 bits per heavy atom. The Morgan fingerprint density at radius 1 is 1.06 bits per heavy atom. The molecule has 8 heteroatoms. The fraction of sp³-hybridized carbons (Fsp3) is 0.286. The third-order valence-electron chi connectivity index (χ3n) is 7.32. The second-order valence-electron chi connectivity index (χ2n) is 9.36. The lowest BCUT2D eigenvalue weighted by Gasteiger charge is -2.40. The molecule has 1 unspecified atom stereocenters. The lowest BCUT2D eigenvalue weighted by atomic mass is 9.85. The number of nitrogens with one attached hydrogen (secondary N) is 1. The second-order valence-corrected chi connectivity index (χ2v) is 9.36. The number of hydrogen-bond acceptors (Lipinski definition) is 3. The van der Waals surface area contributed by atoms with Gasteiger partial charge in [-0.2, -0.15) is 13.2 Å². The minimum absolute atomic E-state index is 0.0492. The smallest absolute Gasteiger partial charge is 0.416 e. The van der Waals surface area contributed by atoms with Crippen molar-refractivity contribution < 1.29 is 27.0 Å². The molecule has 2 aliphatic heterocycles. The summed E-state index contributed by atoms with van der Waals surface area (Å²) >= 11 is 0. The molecule has 1 N–H and O–H groups in total. The minimum Gasteiger partial charge on any atom is -0.493 e. The summed E-state index contributed by atoms with van der Waals surface area (Å²) in [6.07, 6.45) is -2.88. The fourth-order valence-corrected chi connectivity index (χ4v) is 5.48. The highest BCUT2D eigenvalue weighted by Crippen LogP contribution is 2.44. The van der Waals surface area contributed by atoms with Crippen LogP contribution in [0.2, 0.25) is 0 Å². The summed E-state index contributed by atoms with van der Waals surface area (Å²) in [6, 6.07) is 15.0. The molecule has 0 bridgehead atoms. The molecular formula is C28H24F4N2O2. The summed E-state index contributed by atoms with van der Waals surface area (Å²) in [5.41, 5.74) is 5.11. The highest BCUT2D eigenvalue weighted by molar-refractivity contribution is 5.85. The summed E-state index contributed by atoms with van der Waals surface area (Å²) < 4.78 is 64.3. The predicted molar refractivity (Wildman–Crippen MR) is 128 cm³/mol. The number of para-hydroxylation sites is 1. The van der Waals surface area contributed by atoms with Crippen molar-refractivity contribution in [2.75, 3.05) is 13.7 Å². The number of rotatable bonds is 4. The van der Waals surface area contributed by atoms with Gasteiger partial charge < -0.3 is 14.5 Å². The van der Waals surface area contributed by atoms with E-state index in [0.29, 0.717) is 17.6 Å². The van der Waals surface area contributed by atoms with Gasteiger partial charge in [0.15, 0.2) is 11.5 Å². The van der Waals surface area contributed by atoms with E-state index in [1.165, 1.54) is 22.2 Å². The summed E-state index contributed by atoms with van der Waals surface area (Å²) in [7, 11) is 1.55. The van der Waals surface area contributed by atoms with Crippen LogP contribution in [-0.4, -0.2) is 23.5 Å². The van der Waals surface area contributed by atoms with Gasteiger partial charge in [0.25, 0.3) is 0 Å². The van der Waals surface area contributed by atoms with Crippen LogP contribution in [0.25, 0.3) is 10.9 Å². The Morgan fingerprint density at radius 2 is 1.89 bits per heavy atom. The molecule has 0 aliphatic carbocycles. The Bertz CT molecular complexity index is 1460. The van der Waals surface area contributed by atoms with Crippen LogP contribution in [0.15, 0.2) is 54.6 Å². The van der Waals surface area contributed by atoms with Crippen LogP contribution < -0.4 is 9.47 Å². The van der Waals surface area contributed by atoms with Crippen molar-refractivity contribution in [1.82, 2.24) is 9.88 Å². The van der Waals surface area contributed by atoms with E-state index in [4.69, 9.17) is 9.47 Å². The molecule has 6 rings (SSSR count). The molecule has 0 radical (unpaired) electrons. The molecule has 0 saturated carbocycles. The van der Waals surface area contributed by atoms with Crippen LogP contribution in [-0.2, 0) is 32.2 Å². The Kier molecular flexibility index (Phi) is 5.44. The first-order valence-electron chi connectivity index (χ1n) is 11.8. The molecule has 36 heavy (non-hydrogen) atoms. The highest BCUT2D eigenvalue weighted by Gasteiger charge is 2.35. The normalized spacial score (nSPS) is 17.4. The maximum atomic E-state index is 14.3. The van der Waals surface area contributed by atoms with E-state index in [2.05, 4.69) is 28.1 Å². The maximum absolute atomic E-state index is 14.3. The molecule has 0 saturated heterocycles. The minimum atomic E-state index is -4.59. The molecule has 2 aliphatic rings. The van der Waals surface area contributed by atoms with Gasteiger partial charge in [0.05, 0.1) is 12.7 Å². The number of aromatic amines is 1. The topological polar surface area (TPSA) is 37.5 Å². The highest BCUT2D eigenvalue weighted by atomic mass is 19.4. The molecule has 0 amide bonds. The number of alkyl halides is 3. The largest absolute Gasteiger partial charge is 0.493 e. The van der Waals surface area contributed by atoms with E-state index >= 15 is 0 Å². The van der Waals surface area contributed by atoms with E-state index in [1.807, 2.05) is 18.2 Å². The average Bonchev–Trinajstić information content (AvgIpc) is 3.23. The number of benzene rings is 3. The van der Waals surface area contributed by atoms with E-state index in [9.17, 15) is 17.6 Å². The standard InChI is InChI=1S/C28H24F4N2O2/c1-35-26-13-20-16(10-27(26)36-15-17-6-7-18(11-22(17)29)28(30,31)32)8-9-34-14-24-21(12-25(20)34)19-4-2-3-5-23(19)33-24/h2-7,10-11,13,25,33H,8-9,12,14-15H2,1H3. The molecule has 3 aromatic carbocycles. The summed E-state index contributed by atoms with van der Waals surface area (Å²) in [5.74, 6) is 0.0226. The van der Waals surface area contributed by atoms with E-state index in [1.54, 1.807) is 7.11 Å². The Balaban J connectivity index is 1.28. The number of ether oxygens (including phenoxy) is 2. The molecule has 1 aromatic heterocycles. The van der Waals surface area contributed by atoms with Gasteiger partial charge in [0.1, 0.15) is 12.4 Å². The van der Waals surface area contributed by atoms with Gasteiger partial charge in [0, 0.05) is 41.3 Å². The van der Waals surface area contributed by atoms with Crippen LogP contribution in [0.5, 0.6) is 11.5 Å². The zero-order chi connectivity index (χ0) is 25.0. The Labute approximate surface area is 205 Å². The first kappa shape index (κ1) is 22.9. The van der Waals surface area contributed by atoms with Crippen LogP contribution >= 0.6 is 0 Å². The third-order valence-corrected chi connectivity index (χ3v) is 7.32. The predicted octanol–water partition coefficient (Wildman–Crippen LogP) is 6.57. The van der Waals surface area contributed by atoms with Crippen molar-refractivity contribution in [3.8, 4) is 11.5 Å². The van der Waals surface area contributed by atoms with Gasteiger partial charge in [-0.15, -0.1) is 0 Å². The van der Waals surface area contributed by atoms with Crippen LogP contribution in [0.4, 0.5) is 17.6 Å². The van der Waals surface area contributed by atoms with Gasteiger partial charge in [0.2, 0.25) is 0 Å². The number of aromatic nitrogens is 1. The van der Waals surface area contributed by atoms with Gasteiger partial charge in [-0.05, 0) is 59.9 Å². The van der Waals surface area contributed by atoms with Crippen molar-refractivity contribution >= 4 is 10.9 Å². The fourth-order valence-electron chi connectivity index (χ4n) is 5.48. The van der Waals surface area contributed by atoms with Crippen molar-refractivity contribution in [1.29, 1.82) is 0 Å². The average molecular weight is 497 g/mol. The lowest BCUT2D eigenvalue weighted by molar-refractivity contribution is -0.137. The Hall–Kier alpha value is -3.52. The first-order valence-corrected chi connectivity index (χ1v) is 11.8. The molecule has 4 aromatic rings. The number of halogens is 4. The van der Waals surface area contributed by atoms with E-state index < -0.39 is 17.6 Å². The molecule has 0 spiro atoms. The third kappa shape index (κ3) is 3.89. The van der Waals surface area contributed by atoms with Crippen LogP contribution in [0.1, 0.15) is 39.6 Å². The summed E-state index contributed by atoms with van der Waals surface area (Å²) in [5, 5.41) is 1.25. The van der Waals surface area contributed by atoms with Gasteiger partial charge in [-0.3, -0.25) is 4.90 Å². The number of hydrogen-bond donors (Lipinski definition) is 1. The molecular weight excluding hydrogens is 472 g/mol. The zero-order valence-electron chi connectivity index (χ0n) is 19.6. The number of methoxy groups -OCH3 is 1. The van der Waals surface area contributed by atoms with E-state index in [0.717, 1.165) is 49.1 Å². The summed E-state index contributed by atoms with van der Waals surface area (Å²) in [6.45, 7) is 1.54. The quantitative estimate of drug-likeness (QED) is 0.325. The van der Waals surface area contributed by atoms with Crippen molar-refractivity contribution in [3.05, 3.63) is 93.9 Å². The zero-order valence-corrected chi connectivity index (χ0v) is 19.6. The van der Waals surface area contributed by atoms with Crippen molar-refractivity contribution in [3.63, 3.8) is 0 Å². The van der Waals surface area contributed by atoms with Gasteiger partial charge >= 0.3 is 6.18 Å². The molecule has 0 fully saturated rings. The molecule has 4 nitrogen and oxygen atoms in total. The maximum Gasteiger partial charge on any atom is 0.416 e. The number of nitrogens with zero attached hydrogens (tertiary/aromatic N) is 1. The SMILES string of the molecule is COc1cc2c(cc1OCc1ccc(C(F)(F)F)cc1F)CCN1Cc3[nH]c4ccccc4c3CC21. The number of H-pyrrole nitrogens is 1. The van der Waals surface area contributed by atoms with Crippen LogP contribution in [0, 0.1) is 5.82 Å². The van der Waals surface area contributed by atoms with E-state index in [-0.39, 0.29) is 18.2 Å².